The van der Waals surface area contributed by atoms with Crippen LogP contribution >= 0.6 is 0 Å². The summed E-state index contributed by atoms with van der Waals surface area (Å²) in [7, 11) is 1.70. The van der Waals surface area contributed by atoms with E-state index in [9.17, 15) is 18.7 Å². The van der Waals surface area contributed by atoms with Gasteiger partial charge in [-0.15, -0.1) is 0 Å². The summed E-state index contributed by atoms with van der Waals surface area (Å²) in [6, 6.07) is 10.8. The zero-order valence-electron chi connectivity index (χ0n) is 22.6. The average molecular weight is 522 g/mol. The molecule has 38 heavy (non-hydrogen) atoms. The van der Waals surface area contributed by atoms with Gasteiger partial charge in [-0.25, -0.2) is 13.6 Å². The summed E-state index contributed by atoms with van der Waals surface area (Å²) in [6.07, 6.45) is 0.350. The number of aliphatic carboxylic acids is 1. The van der Waals surface area contributed by atoms with E-state index < -0.39 is 24.1 Å². The van der Waals surface area contributed by atoms with Crippen LogP contribution in [0.15, 0.2) is 47.5 Å². The van der Waals surface area contributed by atoms with Crippen molar-refractivity contribution in [2.24, 2.45) is 4.99 Å². The number of rotatable bonds is 6. The van der Waals surface area contributed by atoms with Crippen LogP contribution in [0.4, 0.5) is 8.78 Å². The SMILES string of the molecule is CN=C/C=C1/CCOc2ccc(-c3c([C@H](OC(C)(C)C)C(=O)O)c(C)cc4c(C(F)F)c(C)ccc34)cc21. The maximum atomic E-state index is 14.3. The second-order valence-electron chi connectivity index (χ2n) is 10.5. The second kappa shape index (κ2) is 10.7. The van der Waals surface area contributed by atoms with Gasteiger partial charge in [-0.05, 0) is 91.4 Å². The first kappa shape index (κ1) is 27.5. The quantitative estimate of drug-likeness (QED) is 0.335. The molecular formula is C31H33F2NO4. The van der Waals surface area contributed by atoms with Gasteiger partial charge in [-0.1, -0.05) is 24.3 Å². The molecule has 1 aliphatic rings. The van der Waals surface area contributed by atoms with Crippen molar-refractivity contribution < 1.29 is 28.2 Å². The molecule has 0 unspecified atom stereocenters. The molecule has 1 aliphatic heterocycles. The molecule has 0 saturated heterocycles. The van der Waals surface area contributed by atoms with E-state index in [-0.39, 0.29) is 5.56 Å². The fourth-order valence-corrected chi connectivity index (χ4v) is 5.09. The van der Waals surface area contributed by atoms with E-state index in [1.807, 2.05) is 24.3 Å². The summed E-state index contributed by atoms with van der Waals surface area (Å²) in [5, 5.41) is 11.2. The van der Waals surface area contributed by atoms with Crippen LogP contribution in [0.5, 0.6) is 5.75 Å². The van der Waals surface area contributed by atoms with E-state index in [2.05, 4.69) is 4.99 Å². The third-order valence-corrected chi connectivity index (χ3v) is 6.67. The Balaban J connectivity index is 2.12. The number of aryl methyl sites for hydroxylation is 2. The average Bonchev–Trinajstić information content (AvgIpc) is 2.84. The van der Waals surface area contributed by atoms with Crippen molar-refractivity contribution in [2.45, 2.75) is 59.2 Å². The minimum Gasteiger partial charge on any atom is -0.493 e. The third-order valence-electron chi connectivity index (χ3n) is 6.67. The number of hydrogen-bond donors (Lipinski definition) is 1. The fourth-order valence-electron chi connectivity index (χ4n) is 5.09. The number of aliphatic imine (C=N–C) groups is 1. The van der Waals surface area contributed by atoms with Crippen molar-refractivity contribution in [1.82, 2.24) is 0 Å². The van der Waals surface area contributed by atoms with Crippen LogP contribution in [0.1, 0.15) is 67.5 Å². The van der Waals surface area contributed by atoms with Gasteiger partial charge in [0.25, 0.3) is 6.43 Å². The highest BCUT2D eigenvalue weighted by atomic mass is 19.3. The van der Waals surface area contributed by atoms with Crippen LogP contribution in [-0.4, -0.2) is 36.5 Å². The van der Waals surface area contributed by atoms with Gasteiger partial charge < -0.3 is 14.6 Å². The van der Waals surface area contributed by atoms with Crippen molar-refractivity contribution in [3.63, 3.8) is 0 Å². The Labute approximate surface area is 221 Å². The Morgan fingerprint density at radius 3 is 2.45 bits per heavy atom. The summed E-state index contributed by atoms with van der Waals surface area (Å²) in [5.41, 5.74) is 3.84. The van der Waals surface area contributed by atoms with Crippen molar-refractivity contribution in [3.05, 3.63) is 70.3 Å². The predicted molar refractivity (Wildman–Crippen MR) is 148 cm³/mol. The summed E-state index contributed by atoms with van der Waals surface area (Å²) >= 11 is 0. The molecule has 0 aliphatic carbocycles. The lowest BCUT2D eigenvalue weighted by Gasteiger charge is -2.29. The standard InChI is InChI=1S/C31H33F2NO4/c1-17-7-9-21-23(25(17)29(32)33)15-18(2)26(28(30(35)36)38-31(3,4)5)27(21)20-8-10-24-22(16-20)19(11-13-34-6)12-14-37-24/h7-11,13,15-16,28-29H,12,14H2,1-6H3,(H,35,36)/b19-11-,34-13?/t28-/m0/s1. The highest BCUT2D eigenvalue weighted by Gasteiger charge is 2.32. The Morgan fingerprint density at radius 1 is 1.08 bits per heavy atom. The number of benzene rings is 3. The highest BCUT2D eigenvalue weighted by Crippen LogP contribution is 2.45. The van der Waals surface area contributed by atoms with Gasteiger partial charge in [0.15, 0.2) is 6.10 Å². The lowest BCUT2D eigenvalue weighted by Crippen LogP contribution is -2.28. The summed E-state index contributed by atoms with van der Waals surface area (Å²) in [5.74, 6) is -0.440. The van der Waals surface area contributed by atoms with Crippen LogP contribution in [0.25, 0.3) is 27.5 Å². The monoisotopic (exact) mass is 521 g/mol. The summed E-state index contributed by atoms with van der Waals surface area (Å²) in [6.45, 7) is 9.32. The molecule has 5 nitrogen and oxygen atoms in total. The molecule has 0 radical (unpaired) electrons. The number of carbonyl (C=O) groups is 1. The number of carboxylic acids is 1. The van der Waals surface area contributed by atoms with Gasteiger partial charge in [0, 0.05) is 36.4 Å². The molecule has 1 atom stereocenters. The molecule has 0 spiro atoms. The minimum absolute atomic E-state index is 0.0527. The molecule has 200 valence electrons. The number of carboxylic acid groups (broad SMARTS) is 1. The number of nitrogens with zero attached hydrogens (tertiary/aromatic N) is 1. The zero-order valence-corrected chi connectivity index (χ0v) is 22.6. The Hall–Kier alpha value is -3.58. The van der Waals surface area contributed by atoms with Crippen LogP contribution in [-0.2, 0) is 9.53 Å². The molecule has 0 fully saturated rings. The molecule has 0 aromatic heterocycles. The van der Waals surface area contributed by atoms with E-state index in [1.54, 1.807) is 66.1 Å². The van der Waals surface area contributed by atoms with Crippen molar-refractivity contribution >= 4 is 28.5 Å². The van der Waals surface area contributed by atoms with Gasteiger partial charge in [0.05, 0.1) is 12.2 Å². The number of ether oxygens (including phenoxy) is 2. The number of allylic oxidation sites excluding steroid dienone is 1. The van der Waals surface area contributed by atoms with E-state index in [1.165, 1.54) is 0 Å². The summed E-state index contributed by atoms with van der Waals surface area (Å²) < 4.78 is 40.5. The second-order valence-corrected chi connectivity index (χ2v) is 10.5. The predicted octanol–water partition coefficient (Wildman–Crippen LogP) is 7.87. The first-order valence-electron chi connectivity index (χ1n) is 12.6. The molecule has 0 saturated carbocycles. The van der Waals surface area contributed by atoms with Gasteiger partial charge in [0.2, 0.25) is 0 Å². The van der Waals surface area contributed by atoms with Gasteiger partial charge in [-0.3, -0.25) is 4.99 Å². The lowest BCUT2D eigenvalue weighted by atomic mass is 9.84. The first-order chi connectivity index (χ1) is 17.9. The molecule has 7 heteroatoms. The smallest absolute Gasteiger partial charge is 0.337 e. The molecule has 3 aromatic rings. The number of alkyl halides is 2. The van der Waals surface area contributed by atoms with E-state index in [0.717, 1.165) is 11.1 Å². The Kier molecular flexibility index (Phi) is 7.70. The molecule has 4 rings (SSSR count). The Bertz CT molecular complexity index is 1450. The molecular weight excluding hydrogens is 488 g/mol. The molecule has 0 bridgehead atoms. The van der Waals surface area contributed by atoms with Crippen LogP contribution < -0.4 is 4.74 Å². The Morgan fingerprint density at radius 2 is 1.82 bits per heavy atom. The molecule has 1 N–H and O–H groups in total. The molecule has 0 amide bonds. The topological polar surface area (TPSA) is 68.1 Å². The van der Waals surface area contributed by atoms with E-state index in [0.29, 0.717) is 57.4 Å². The fraction of sp³-hybridized carbons (Fsp3) is 0.355. The normalized spacial score (nSPS) is 15.8. The molecule has 3 aromatic carbocycles. The highest BCUT2D eigenvalue weighted by molar-refractivity contribution is 6.03. The maximum absolute atomic E-state index is 14.3. The van der Waals surface area contributed by atoms with Gasteiger partial charge in [0.1, 0.15) is 5.75 Å². The maximum Gasteiger partial charge on any atom is 0.337 e. The largest absolute Gasteiger partial charge is 0.493 e. The summed E-state index contributed by atoms with van der Waals surface area (Å²) in [4.78, 5) is 16.7. The first-order valence-corrected chi connectivity index (χ1v) is 12.6. The van der Waals surface area contributed by atoms with Crippen molar-refractivity contribution in [3.8, 4) is 16.9 Å². The third kappa shape index (κ3) is 5.34. The number of halogens is 2. The van der Waals surface area contributed by atoms with E-state index in [4.69, 9.17) is 9.47 Å². The van der Waals surface area contributed by atoms with Crippen molar-refractivity contribution in [2.75, 3.05) is 13.7 Å². The van der Waals surface area contributed by atoms with Crippen LogP contribution in [0.2, 0.25) is 0 Å². The zero-order chi connectivity index (χ0) is 27.8. The number of fused-ring (bicyclic) bond motifs is 2. The number of hydrogen-bond acceptors (Lipinski definition) is 4. The van der Waals surface area contributed by atoms with Crippen molar-refractivity contribution in [1.29, 1.82) is 0 Å². The van der Waals surface area contributed by atoms with Gasteiger partial charge in [-0.2, -0.15) is 0 Å². The van der Waals surface area contributed by atoms with Crippen LogP contribution in [0.3, 0.4) is 0 Å². The molecule has 1 heterocycles. The van der Waals surface area contributed by atoms with Crippen LogP contribution in [0, 0.1) is 13.8 Å². The lowest BCUT2D eigenvalue weighted by molar-refractivity contribution is -0.160. The minimum atomic E-state index is -2.68. The van der Waals surface area contributed by atoms with Gasteiger partial charge >= 0.3 is 5.97 Å². The van der Waals surface area contributed by atoms with E-state index >= 15 is 0 Å².